The highest BCUT2D eigenvalue weighted by Gasteiger charge is 2.19. The molecule has 3 aromatic rings. The number of hydrogen-bond donors (Lipinski definition) is 2. The highest BCUT2D eigenvalue weighted by atomic mass is 32.2. The van der Waals surface area contributed by atoms with Crippen LogP contribution in [0.5, 0.6) is 0 Å². The van der Waals surface area contributed by atoms with Crippen LogP contribution in [0.25, 0.3) is 5.82 Å². The lowest BCUT2D eigenvalue weighted by Crippen LogP contribution is -2.21. The predicted molar refractivity (Wildman–Crippen MR) is 108 cm³/mol. The molecule has 0 saturated carbocycles. The predicted octanol–water partition coefficient (Wildman–Crippen LogP) is 1.33. The third kappa shape index (κ3) is 4.70. The SMILES string of the molecule is Cc1ccc(NC(=O)COC(=O)c2cnn(-c3ccccn3)c2C)cc1S(N)(=O)=O. The second-order valence-corrected chi connectivity index (χ2v) is 7.92. The van der Waals surface area contributed by atoms with Crippen LogP contribution in [-0.4, -0.2) is 41.7 Å². The van der Waals surface area contributed by atoms with Crippen LogP contribution >= 0.6 is 0 Å². The Balaban J connectivity index is 1.65. The fourth-order valence-electron chi connectivity index (χ4n) is 2.71. The summed E-state index contributed by atoms with van der Waals surface area (Å²) >= 11 is 0. The number of rotatable bonds is 6. The molecule has 0 fully saturated rings. The highest BCUT2D eigenvalue weighted by molar-refractivity contribution is 7.89. The number of hydrogen-bond acceptors (Lipinski definition) is 7. The number of aryl methyl sites for hydroxylation is 1. The molecular weight excluding hydrogens is 410 g/mol. The largest absolute Gasteiger partial charge is 0.452 e. The van der Waals surface area contributed by atoms with Gasteiger partial charge in [0, 0.05) is 11.9 Å². The van der Waals surface area contributed by atoms with Gasteiger partial charge in [-0.2, -0.15) is 5.10 Å². The maximum atomic E-state index is 12.3. The molecule has 0 spiro atoms. The van der Waals surface area contributed by atoms with E-state index in [2.05, 4.69) is 15.4 Å². The Morgan fingerprint density at radius 3 is 2.63 bits per heavy atom. The summed E-state index contributed by atoms with van der Waals surface area (Å²) in [5, 5.41) is 11.8. The number of nitrogens with two attached hydrogens (primary N) is 1. The lowest BCUT2D eigenvalue weighted by molar-refractivity contribution is -0.119. The summed E-state index contributed by atoms with van der Waals surface area (Å²) in [6.07, 6.45) is 2.94. The van der Waals surface area contributed by atoms with Gasteiger partial charge in [0.2, 0.25) is 10.0 Å². The van der Waals surface area contributed by atoms with Crippen molar-refractivity contribution >= 4 is 27.6 Å². The normalized spacial score (nSPS) is 11.2. The van der Waals surface area contributed by atoms with Crippen molar-refractivity contribution in [2.45, 2.75) is 18.7 Å². The summed E-state index contributed by atoms with van der Waals surface area (Å²) in [6, 6.07) is 9.56. The summed E-state index contributed by atoms with van der Waals surface area (Å²) in [4.78, 5) is 28.5. The number of carbonyl (C=O) groups is 2. The molecule has 10 nitrogen and oxygen atoms in total. The molecule has 2 aromatic heterocycles. The number of sulfonamides is 1. The molecule has 0 unspecified atom stereocenters. The minimum absolute atomic E-state index is 0.102. The molecule has 11 heteroatoms. The third-order valence-corrected chi connectivity index (χ3v) is 5.26. The van der Waals surface area contributed by atoms with E-state index in [9.17, 15) is 18.0 Å². The molecule has 30 heavy (non-hydrogen) atoms. The van der Waals surface area contributed by atoms with Crippen LogP contribution in [0.2, 0.25) is 0 Å². The van der Waals surface area contributed by atoms with E-state index in [1.165, 1.54) is 29.1 Å². The van der Waals surface area contributed by atoms with E-state index >= 15 is 0 Å². The summed E-state index contributed by atoms with van der Waals surface area (Å²) in [7, 11) is -3.93. The van der Waals surface area contributed by atoms with Crippen molar-refractivity contribution in [2.75, 3.05) is 11.9 Å². The molecular formula is C19H19N5O5S. The number of anilines is 1. The number of amides is 1. The van der Waals surface area contributed by atoms with Crippen LogP contribution in [0.3, 0.4) is 0 Å². The molecule has 0 saturated heterocycles. The maximum absolute atomic E-state index is 12.3. The van der Waals surface area contributed by atoms with Crippen LogP contribution in [-0.2, 0) is 19.6 Å². The van der Waals surface area contributed by atoms with Gasteiger partial charge in [0.1, 0.15) is 5.56 Å². The van der Waals surface area contributed by atoms with Gasteiger partial charge >= 0.3 is 5.97 Å². The number of benzene rings is 1. The Hall–Kier alpha value is -3.57. The second kappa shape index (κ2) is 8.43. The molecule has 0 aliphatic carbocycles. The number of ether oxygens (including phenoxy) is 1. The first kappa shape index (κ1) is 21.1. The molecule has 156 valence electrons. The summed E-state index contributed by atoms with van der Waals surface area (Å²) < 4.78 is 29.7. The van der Waals surface area contributed by atoms with Crippen molar-refractivity contribution in [1.82, 2.24) is 14.8 Å². The van der Waals surface area contributed by atoms with Crippen LogP contribution in [0.1, 0.15) is 21.6 Å². The Kier molecular flexibility index (Phi) is 5.94. The summed E-state index contributed by atoms with van der Waals surface area (Å²) in [5.41, 5.74) is 1.36. The average molecular weight is 429 g/mol. The monoisotopic (exact) mass is 429 g/mol. The van der Waals surface area contributed by atoms with Crippen LogP contribution in [0, 0.1) is 13.8 Å². The Labute approximate surface area is 172 Å². The second-order valence-electron chi connectivity index (χ2n) is 6.39. The number of esters is 1. The van der Waals surface area contributed by atoms with E-state index in [1.54, 1.807) is 38.2 Å². The molecule has 1 aromatic carbocycles. The molecule has 0 radical (unpaired) electrons. The van der Waals surface area contributed by atoms with Crippen molar-refractivity contribution in [2.24, 2.45) is 5.14 Å². The first-order valence-electron chi connectivity index (χ1n) is 8.73. The van der Waals surface area contributed by atoms with E-state index in [1.807, 2.05) is 0 Å². The van der Waals surface area contributed by atoms with Gasteiger partial charge in [0.25, 0.3) is 5.91 Å². The van der Waals surface area contributed by atoms with Gasteiger partial charge in [-0.05, 0) is 43.7 Å². The van der Waals surface area contributed by atoms with Crippen LogP contribution in [0.15, 0.2) is 53.7 Å². The summed E-state index contributed by atoms with van der Waals surface area (Å²) in [5.74, 6) is -0.821. The van der Waals surface area contributed by atoms with Crippen molar-refractivity contribution in [3.05, 3.63) is 65.6 Å². The molecule has 0 atom stereocenters. The van der Waals surface area contributed by atoms with E-state index in [0.29, 0.717) is 17.1 Å². The first-order valence-corrected chi connectivity index (χ1v) is 10.3. The van der Waals surface area contributed by atoms with Crippen molar-refractivity contribution < 1.29 is 22.7 Å². The number of carbonyl (C=O) groups excluding carboxylic acids is 2. The van der Waals surface area contributed by atoms with Gasteiger partial charge < -0.3 is 10.1 Å². The Morgan fingerprint density at radius 1 is 1.20 bits per heavy atom. The van der Waals surface area contributed by atoms with Crippen molar-refractivity contribution in [1.29, 1.82) is 0 Å². The number of pyridine rings is 1. The van der Waals surface area contributed by atoms with Crippen molar-refractivity contribution in [3.8, 4) is 5.82 Å². The summed E-state index contributed by atoms with van der Waals surface area (Å²) in [6.45, 7) is 2.70. The third-order valence-electron chi connectivity index (χ3n) is 4.21. The van der Waals surface area contributed by atoms with E-state index < -0.39 is 28.5 Å². The molecule has 3 N–H and O–H groups in total. The van der Waals surface area contributed by atoms with E-state index in [0.717, 1.165) is 0 Å². The smallest absolute Gasteiger partial charge is 0.342 e. The van der Waals surface area contributed by atoms with Crippen molar-refractivity contribution in [3.63, 3.8) is 0 Å². The van der Waals surface area contributed by atoms with Crippen LogP contribution in [0.4, 0.5) is 5.69 Å². The van der Waals surface area contributed by atoms with Gasteiger partial charge in [0.15, 0.2) is 12.4 Å². The van der Waals surface area contributed by atoms with Gasteiger partial charge in [-0.25, -0.2) is 28.0 Å². The molecule has 0 aliphatic rings. The maximum Gasteiger partial charge on any atom is 0.342 e. The molecule has 1 amide bonds. The molecule has 2 heterocycles. The quantitative estimate of drug-likeness (QED) is 0.562. The fourth-order valence-corrected chi connectivity index (χ4v) is 3.52. The molecule has 0 aliphatic heterocycles. The minimum Gasteiger partial charge on any atom is -0.452 e. The fraction of sp³-hybridized carbons (Fsp3) is 0.158. The highest BCUT2D eigenvalue weighted by Crippen LogP contribution is 2.19. The first-order chi connectivity index (χ1) is 14.2. The van der Waals surface area contributed by atoms with Crippen LogP contribution < -0.4 is 10.5 Å². The standard InChI is InChI=1S/C19H19N5O5S/c1-12-6-7-14(9-16(12)30(20,27)28)23-18(25)11-29-19(26)15-10-22-24(13(15)2)17-5-3-4-8-21-17/h3-10H,11H2,1-2H3,(H,23,25)(H2,20,27,28). The van der Waals surface area contributed by atoms with E-state index in [-0.39, 0.29) is 16.1 Å². The molecule has 3 rings (SSSR count). The number of nitrogens with one attached hydrogen (secondary N) is 1. The number of nitrogens with zero attached hydrogens (tertiary/aromatic N) is 3. The zero-order chi connectivity index (χ0) is 21.9. The van der Waals surface area contributed by atoms with Gasteiger partial charge in [-0.3, -0.25) is 4.79 Å². The topological polar surface area (TPSA) is 146 Å². The zero-order valence-corrected chi connectivity index (χ0v) is 17.0. The number of primary sulfonamides is 1. The molecule has 0 bridgehead atoms. The lowest BCUT2D eigenvalue weighted by Gasteiger charge is -2.09. The van der Waals surface area contributed by atoms with Gasteiger partial charge in [0.05, 0.1) is 16.8 Å². The lowest BCUT2D eigenvalue weighted by atomic mass is 10.2. The number of aromatic nitrogens is 3. The Bertz CT molecular complexity index is 1210. The van der Waals surface area contributed by atoms with E-state index in [4.69, 9.17) is 9.88 Å². The average Bonchev–Trinajstić information content (AvgIpc) is 3.09. The van der Waals surface area contributed by atoms with Gasteiger partial charge in [-0.15, -0.1) is 0 Å². The minimum atomic E-state index is -3.93. The van der Waals surface area contributed by atoms with Gasteiger partial charge in [-0.1, -0.05) is 12.1 Å². The zero-order valence-electron chi connectivity index (χ0n) is 16.2. The Morgan fingerprint density at radius 2 is 1.97 bits per heavy atom.